The van der Waals surface area contributed by atoms with Crippen molar-refractivity contribution in [2.75, 3.05) is 17.2 Å². The molecule has 3 N–H and O–H groups in total. The minimum Gasteiger partial charge on any atom is -0.396 e. The van der Waals surface area contributed by atoms with Crippen LogP contribution in [0.25, 0.3) is 11.1 Å². The largest absolute Gasteiger partial charge is 0.396 e. The van der Waals surface area contributed by atoms with E-state index in [4.69, 9.17) is 9.90 Å². The van der Waals surface area contributed by atoms with Gasteiger partial charge in [0.05, 0.1) is 0 Å². The number of carbonyl (C=O) groups is 3. The van der Waals surface area contributed by atoms with Crippen molar-refractivity contribution in [2.45, 2.75) is 19.8 Å². The number of aryl methyl sites for hydroxylation is 1. The second-order valence-corrected chi connectivity index (χ2v) is 7.86. The Morgan fingerprint density at radius 2 is 1.38 bits per heavy atom. The Kier molecular flexibility index (Phi) is 12.5. The molecule has 0 radical (unpaired) electrons. The number of anilines is 2. The lowest BCUT2D eigenvalue weighted by atomic mass is 10.0. The first-order valence-electron chi connectivity index (χ1n) is 11.7. The van der Waals surface area contributed by atoms with E-state index in [9.17, 15) is 9.59 Å². The molecule has 0 saturated carbocycles. The van der Waals surface area contributed by atoms with Gasteiger partial charge in [-0.15, -0.1) is 0 Å². The van der Waals surface area contributed by atoms with Crippen molar-refractivity contribution in [3.8, 4) is 11.1 Å². The minimum atomic E-state index is -0.364. The number of benzene rings is 3. The van der Waals surface area contributed by atoms with E-state index < -0.39 is 0 Å². The fraction of sp³-hybridized carbons (Fsp3) is 0.133. The predicted octanol–water partition coefficient (Wildman–Crippen LogP) is 6.16. The maximum Gasteiger partial charge on any atom is 0.324 e. The van der Waals surface area contributed by atoms with Gasteiger partial charge in [-0.25, -0.2) is 9.78 Å². The average molecular weight is 498 g/mol. The van der Waals surface area contributed by atoms with E-state index in [1.54, 1.807) is 36.5 Å². The van der Waals surface area contributed by atoms with Crippen molar-refractivity contribution in [1.82, 2.24) is 4.98 Å². The van der Waals surface area contributed by atoms with Crippen LogP contribution in [-0.4, -0.2) is 35.3 Å². The normalized spacial score (nSPS) is 9.57. The SMILES string of the molecule is C=O.Cc1ccccc1.O=C(Nc1ccccc1)Nc1ccc(-c2ccc(C(=O)CCCO)cc2)cn1. The molecule has 37 heavy (non-hydrogen) atoms. The summed E-state index contributed by atoms with van der Waals surface area (Å²) >= 11 is 0. The molecule has 7 heteroatoms. The molecule has 0 saturated heterocycles. The van der Waals surface area contributed by atoms with E-state index >= 15 is 0 Å². The summed E-state index contributed by atoms with van der Waals surface area (Å²) in [5, 5.41) is 14.2. The maximum absolute atomic E-state index is 12.0. The zero-order chi connectivity index (χ0) is 26.9. The first kappa shape index (κ1) is 28.6. The van der Waals surface area contributed by atoms with Crippen molar-refractivity contribution in [2.24, 2.45) is 0 Å². The molecule has 0 spiro atoms. The Morgan fingerprint density at radius 1 is 0.784 bits per heavy atom. The topological polar surface area (TPSA) is 108 Å². The molecule has 0 aliphatic carbocycles. The molecule has 4 rings (SSSR count). The Hall–Kier alpha value is -4.62. The monoisotopic (exact) mass is 497 g/mol. The van der Waals surface area contributed by atoms with Gasteiger partial charge < -0.3 is 15.2 Å². The summed E-state index contributed by atoms with van der Waals surface area (Å²) in [5.74, 6) is 0.454. The van der Waals surface area contributed by atoms with Crippen LogP contribution in [0.1, 0.15) is 28.8 Å². The first-order chi connectivity index (χ1) is 18.0. The van der Waals surface area contributed by atoms with Crippen LogP contribution in [0, 0.1) is 6.92 Å². The van der Waals surface area contributed by atoms with Crippen LogP contribution < -0.4 is 10.6 Å². The molecule has 0 atom stereocenters. The number of nitrogens with one attached hydrogen (secondary N) is 2. The number of nitrogens with zero attached hydrogens (tertiary/aromatic N) is 1. The minimum absolute atomic E-state index is 0.0131. The molecule has 2 amide bonds. The third-order valence-electron chi connectivity index (χ3n) is 5.08. The number of urea groups is 1. The van der Waals surface area contributed by atoms with Crippen LogP contribution in [-0.2, 0) is 4.79 Å². The van der Waals surface area contributed by atoms with Crippen molar-refractivity contribution in [3.05, 3.63) is 114 Å². The summed E-state index contributed by atoms with van der Waals surface area (Å²) in [6.07, 6.45) is 2.47. The Bertz CT molecular complexity index is 1210. The van der Waals surface area contributed by atoms with Crippen LogP contribution in [0.4, 0.5) is 16.3 Å². The Balaban J connectivity index is 0.000000455. The smallest absolute Gasteiger partial charge is 0.324 e. The van der Waals surface area contributed by atoms with E-state index in [0.29, 0.717) is 29.9 Å². The lowest BCUT2D eigenvalue weighted by molar-refractivity contribution is -0.0980. The van der Waals surface area contributed by atoms with Crippen LogP contribution in [0.2, 0.25) is 0 Å². The van der Waals surface area contributed by atoms with Crippen LogP contribution in [0.15, 0.2) is 103 Å². The Morgan fingerprint density at radius 3 is 1.89 bits per heavy atom. The highest BCUT2D eigenvalue weighted by Crippen LogP contribution is 2.21. The number of Topliss-reactive ketones (excluding diaryl/α,β-unsaturated/α-hetero) is 1. The molecule has 190 valence electrons. The van der Waals surface area contributed by atoms with E-state index in [-0.39, 0.29) is 18.4 Å². The zero-order valence-corrected chi connectivity index (χ0v) is 20.8. The highest BCUT2D eigenvalue weighted by atomic mass is 16.3. The van der Waals surface area contributed by atoms with Crippen LogP contribution >= 0.6 is 0 Å². The van der Waals surface area contributed by atoms with Gasteiger partial charge in [0.1, 0.15) is 12.6 Å². The molecular weight excluding hydrogens is 466 g/mol. The van der Waals surface area contributed by atoms with Gasteiger partial charge in [-0.3, -0.25) is 10.1 Å². The predicted molar refractivity (Wildman–Crippen MR) is 148 cm³/mol. The van der Waals surface area contributed by atoms with Gasteiger partial charge in [-0.1, -0.05) is 78.4 Å². The maximum atomic E-state index is 12.0. The summed E-state index contributed by atoms with van der Waals surface area (Å²) in [5.41, 5.74) is 4.45. The zero-order valence-electron chi connectivity index (χ0n) is 20.8. The number of aliphatic hydroxyl groups excluding tert-OH is 1. The standard InChI is InChI=1S/C22H21N3O3.C7H8.CH2O/c26-14-4-7-20(27)17-10-8-16(9-11-17)18-12-13-21(23-15-18)25-22(28)24-19-5-2-1-3-6-19;1-7-5-3-2-4-6-7;1-2/h1-3,5-6,8-13,15,26H,4,7,14H2,(H2,23,24,25,28);2-6H,1H3;1H2. The molecule has 0 bridgehead atoms. The van der Waals surface area contributed by atoms with Crippen molar-refractivity contribution in [1.29, 1.82) is 0 Å². The number of amides is 2. The summed E-state index contributed by atoms with van der Waals surface area (Å²) in [6, 6.07) is 29.9. The van der Waals surface area contributed by atoms with E-state index in [1.165, 1.54) is 5.56 Å². The molecule has 1 aromatic heterocycles. The second-order valence-electron chi connectivity index (χ2n) is 7.86. The number of para-hydroxylation sites is 1. The van der Waals surface area contributed by atoms with E-state index in [0.717, 1.165) is 11.1 Å². The molecule has 0 unspecified atom stereocenters. The second kappa shape index (κ2) is 16.1. The van der Waals surface area contributed by atoms with Gasteiger partial charge in [-0.2, -0.15) is 0 Å². The van der Waals surface area contributed by atoms with Gasteiger partial charge in [0.15, 0.2) is 5.78 Å². The van der Waals surface area contributed by atoms with Crippen LogP contribution in [0.3, 0.4) is 0 Å². The van der Waals surface area contributed by atoms with Crippen molar-refractivity contribution < 1.29 is 19.5 Å². The quantitative estimate of drug-likeness (QED) is 0.265. The number of pyridine rings is 1. The number of rotatable bonds is 7. The highest BCUT2D eigenvalue weighted by Gasteiger charge is 2.07. The molecular formula is C30H31N3O4. The van der Waals surface area contributed by atoms with Gasteiger partial charge in [0.2, 0.25) is 0 Å². The average Bonchev–Trinajstić information content (AvgIpc) is 2.94. The molecule has 0 aliphatic rings. The number of ketones is 1. The molecule has 1 heterocycles. The lowest BCUT2D eigenvalue weighted by Crippen LogP contribution is -2.19. The molecule has 0 fully saturated rings. The number of hydrogen-bond acceptors (Lipinski definition) is 5. The van der Waals surface area contributed by atoms with Crippen molar-refractivity contribution >= 4 is 30.1 Å². The van der Waals surface area contributed by atoms with E-state index in [1.807, 2.05) is 61.4 Å². The van der Waals surface area contributed by atoms with E-state index in [2.05, 4.69) is 34.7 Å². The summed E-state index contributed by atoms with van der Waals surface area (Å²) in [7, 11) is 0. The molecule has 3 aromatic carbocycles. The lowest BCUT2D eigenvalue weighted by Gasteiger charge is -2.08. The highest BCUT2D eigenvalue weighted by molar-refractivity contribution is 5.99. The first-order valence-corrected chi connectivity index (χ1v) is 11.7. The van der Waals surface area contributed by atoms with Gasteiger partial charge in [0.25, 0.3) is 0 Å². The van der Waals surface area contributed by atoms with Gasteiger partial charge in [-0.05, 0) is 43.2 Å². The summed E-state index contributed by atoms with van der Waals surface area (Å²) in [4.78, 5) is 36.2. The summed E-state index contributed by atoms with van der Waals surface area (Å²) in [6.45, 7) is 4.10. The van der Waals surface area contributed by atoms with Gasteiger partial charge in [0, 0.05) is 36.0 Å². The fourth-order valence-corrected chi connectivity index (χ4v) is 3.21. The Labute approximate surface area is 217 Å². The molecule has 0 aliphatic heterocycles. The number of hydrogen-bond donors (Lipinski definition) is 3. The number of carbonyl (C=O) groups excluding carboxylic acids is 3. The summed E-state index contributed by atoms with van der Waals surface area (Å²) < 4.78 is 0. The third kappa shape index (κ3) is 10.3. The van der Waals surface area contributed by atoms with Crippen molar-refractivity contribution in [3.63, 3.8) is 0 Å². The molecule has 7 nitrogen and oxygen atoms in total. The number of aliphatic hydroxyl groups is 1. The molecule has 4 aromatic rings. The van der Waals surface area contributed by atoms with Crippen LogP contribution in [0.5, 0.6) is 0 Å². The third-order valence-corrected chi connectivity index (χ3v) is 5.08. The fourth-order valence-electron chi connectivity index (χ4n) is 3.21. The van der Waals surface area contributed by atoms with Gasteiger partial charge >= 0.3 is 6.03 Å². The number of aromatic nitrogens is 1.